The molecule has 0 radical (unpaired) electrons. The van der Waals surface area contributed by atoms with E-state index in [0.29, 0.717) is 17.7 Å². The number of rotatable bonds is 12. The van der Waals surface area contributed by atoms with Crippen molar-refractivity contribution in [2.45, 2.75) is 70.0 Å². The Balaban J connectivity index is 1.74. The fraction of sp³-hybridized carbons (Fsp3) is 0.522. The third-order valence-corrected chi connectivity index (χ3v) is 6.45. The maximum Gasteiger partial charge on any atom is 0.329 e. The van der Waals surface area contributed by atoms with E-state index in [0.717, 1.165) is 30.2 Å². The van der Waals surface area contributed by atoms with E-state index < -0.39 is 5.69 Å². The van der Waals surface area contributed by atoms with E-state index in [1.165, 1.54) is 42.2 Å². The Kier molecular flexibility index (Phi) is 8.37. The van der Waals surface area contributed by atoms with Crippen LogP contribution < -0.4 is 11.2 Å². The van der Waals surface area contributed by atoms with E-state index in [2.05, 4.69) is 29.0 Å². The summed E-state index contributed by atoms with van der Waals surface area (Å²) in [4.78, 5) is 31.7. The van der Waals surface area contributed by atoms with Crippen LogP contribution in [0, 0.1) is 0 Å². The number of unbranched alkanes of at least 4 members (excludes halogenated alkanes) is 5. The lowest BCUT2D eigenvalue weighted by Gasteiger charge is -2.09. The predicted octanol–water partition coefficient (Wildman–Crippen LogP) is 4.51. The first-order valence-corrected chi connectivity index (χ1v) is 12.0. The van der Waals surface area contributed by atoms with Crippen LogP contribution in [0.25, 0.3) is 11.2 Å². The Morgan fingerprint density at radius 2 is 1.73 bits per heavy atom. The maximum absolute atomic E-state index is 12.6. The molecule has 0 aliphatic carbocycles. The monoisotopic (exact) mass is 428 g/mol. The van der Waals surface area contributed by atoms with E-state index in [1.54, 1.807) is 18.8 Å². The average molecular weight is 429 g/mol. The summed E-state index contributed by atoms with van der Waals surface area (Å²) < 4.78 is 3.43. The summed E-state index contributed by atoms with van der Waals surface area (Å²) in [5.41, 5.74) is 1.47. The molecule has 7 heteroatoms. The summed E-state index contributed by atoms with van der Waals surface area (Å²) in [5.74, 6) is 0.972. The minimum atomic E-state index is -0.422. The molecule has 0 bridgehead atoms. The molecule has 3 rings (SSSR count). The Morgan fingerprint density at radius 3 is 2.50 bits per heavy atom. The van der Waals surface area contributed by atoms with Gasteiger partial charge in [0.15, 0.2) is 16.3 Å². The molecule has 1 aromatic carbocycles. The van der Waals surface area contributed by atoms with Gasteiger partial charge in [-0.1, -0.05) is 81.1 Å². The highest BCUT2D eigenvalue weighted by molar-refractivity contribution is 7.99. The molecule has 0 atom stereocenters. The smallest absolute Gasteiger partial charge is 0.313 e. The Hall–Kier alpha value is -2.28. The lowest BCUT2D eigenvalue weighted by Crippen LogP contribution is -2.29. The zero-order valence-electron chi connectivity index (χ0n) is 18.0. The van der Waals surface area contributed by atoms with Crippen LogP contribution in [0.15, 0.2) is 45.1 Å². The number of H-pyrrole nitrogens is 1. The molecule has 0 saturated carbocycles. The first-order valence-electron chi connectivity index (χ1n) is 11.0. The van der Waals surface area contributed by atoms with Gasteiger partial charge in [0.2, 0.25) is 0 Å². The molecule has 3 aromatic rings. The Bertz CT molecular complexity index is 1050. The van der Waals surface area contributed by atoms with Gasteiger partial charge in [-0.3, -0.25) is 14.3 Å². The number of nitrogens with one attached hydrogen (secondary N) is 1. The average Bonchev–Trinajstić information content (AvgIpc) is 3.11. The number of aryl methyl sites for hydroxylation is 3. The van der Waals surface area contributed by atoms with Crippen molar-refractivity contribution >= 4 is 22.9 Å². The quantitative estimate of drug-likeness (QED) is 0.340. The molecule has 6 nitrogen and oxygen atoms in total. The van der Waals surface area contributed by atoms with Crippen LogP contribution in [0.5, 0.6) is 0 Å². The number of thioether (sulfide) groups is 1. The first-order chi connectivity index (χ1) is 14.6. The van der Waals surface area contributed by atoms with Gasteiger partial charge < -0.3 is 4.57 Å². The van der Waals surface area contributed by atoms with Crippen LogP contribution >= 0.6 is 11.8 Å². The zero-order chi connectivity index (χ0) is 21.3. The number of nitrogens with zero attached hydrogens (tertiary/aromatic N) is 3. The summed E-state index contributed by atoms with van der Waals surface area (Å²) in [6, 6.07) is 10.4. The first kappa shape index (κ1) is 22.4. The van der Waals surface area contributed by atoms with Crippen molar-refractivity contribution in [1.29, 1.82) is 0 Å². The highest BCUT2D eigenvalue weighted by Crippen LogP contribution is 2.23. The van der Waals surface area contributed by atoms with Crippen LogP contribution in [0.3, 0.4) is 0 Å². The van der Waals surface area contributed by atoms with Gasteiger partial charge in [-0.05, 0) is 24.8 Å². The number of hydrogen-bond acceptors (Lipinski definition) is 4. The molecule has 1 N–H and O–H groups in total. The van der Waals surface area contributed by atoms with Crippen molar-refractivity contribution in [2.75, 3.05) is 5.75 Å². The number of benzene rings is 1. The van der Waals surface area contributed by atoms with Gasteiger partial charge in [-0.15, -0.1) is 0 Å². The molecule has 0 aliphatic heterocycles. The largest absolute Gasteiger partial charge is 0.329 e. The lowest BCUT2D eigenvalue weighted by molar-refractivity contribution is 0.606. The van der Waals surface area contributed by atoms with Gasteiger partial charge in [0, 0.05) is 19.3 Å². The molecule has 0 aliphatic rings. The number of hydrogen-bond donors (Lipinski definition) is 1. The number of aromatic nitrogens is 4. The lowest BCUT2D eigenvalue weighted by atomic mass is 10.1. The minimum Gasteiger partial charge on any atom is -0.313 e. The molecule has 30 heavy (non-hydrogen) atoms. The summed E-state index contributed by atoms with van der Waals surface area (Å²) >= 11 is 1.69. The van der Waals surface area contributed by atoms with E-state index in [1.807, 2.05) is 22.8 Å². The number of imidazole rings is 1. The van der Waals surface area contributed by atoms with E-state index in [4.69, 9.17) is 0 Å². The van der Waals surface area contributed by atoms with Gasteiger partial charge in [-0.2, -0.15) is 0 Å². The molecular weight excluding hydrogens is 396 g/mol. The van der Waals surface area contributed by atoms with E-state index >= 15 is 0 Å². The molecule has 0 amide bonds. The minimum absolute atomic E-state index is 0.355. The van der Waals surface area contributed by atoms with Crippen molar-refractivity contribution in [3.8, 4) is 0 Å². The fourth-order valence-corrected chi connectivity index (χ4v) is 4.68. The van der Waals surface area contributed by atoms with Crippen molar-refractivity contribution in [3.05, 3.63) is 56.7 Å². The second-order valence-corrected chi connectivity index (χ2v) is 8.80. The highest BCUT2D eigenvalue weighted by atomic mass is 32.2. The molecule has 162 valence electrons. The summed E-state index contributed by atoms with van der Waals surface area (Å²) in [5, 5.41) is 0.832. The Morgan fingerprint density at radius 1 is 1.00 bits per heavy atom. The van der Waals surface area contributed by atoms with Crippen LogP contribution in [0.1, 0.15) is 57.4 Å². The second kappa shape index (κ2) is 11.2. The normalized spacial score (nSPS) is 11.4. The second-order valence-electron chi connectivity index (χ2n) is 7.74. The summed E-state index contributed by atoms with van der Waals surface area (Å²) in [7, 11) is 1.66. The van der Waals surface area contributed by atoms with Crippen LogP contribution in [-0.4, -0.2) is 24.9 Å². The third-order valence-electron chi connectivity index (χ3n) is 5.39. The Labute approximate surface area is 181 Å². The molecule has 0 spiro atoms. The third kappa shape index (κ3) is 5.65. The van der Waals surface area contributed by atoms with Gasteiger partial charge in [0.1, 0.15) is 0 Å². The zero-order valence-corrected chi connectivity index (χ0v) is 18.8. The summed E-state index contributed by atoms with van der Waals surface area (Å²) in [6.07, 6.45) is 9.34. The molecule has 2 aromatic heterocycles. The van der Waals surface area contributed by atoms with Gasteiger partial charge in [0.05, 0.1) is 0 Å². The van der Waals surface area contributed by atoms with Crippen LogP contribution in [0.4, 0.5) is 0 Å². The van der Waals surface area contributed by atoms with Crippen LogP contribution in [0.2, 0.25) is 0 Å². The predicted molar refractivity (Wildman–Crippen MR) is 124 cm³/mol. The van der Waals surface area contributed by atoms with Gasteiger partial charge in [-0.25, -0.2) is 9.78 Å². The van der Waals surface area contributed by atoms with Crippen molar-refractivity contribution in [2.24, 2.45) is 7.05 Å². The van der Waals surface area contributed by atoms with Crippen molar-refractivity contribution in [3.63, 3.8) is 0 Å². The molecule has 0 fully saturated rings. The van der Waals surface area contributed by atoms with E-state index in [9.17, 15) is 9.59 Å². The van der Waals surface area contributed by atoms with Crippen molar-refractivity contribution in [1.82, 2.24) is 19.1 Å². The highest BCUT2D eigenvalue weighted by Gasteiger charge is 2.17. The standard InChI is InChI=1S/C23H32N4O2S/c1-3-4-5-6-7-11-17-30-23-24-20-19(21(28)25-22(29)26(20)2)27(23)16-12-15-18-13-9-8-10-14-18/h8-10,13-14H,3-7,11-12,15-17H2,1-2H3,(H,25,28,29). The van der Waals surface area contributed by atoms with Gasteiger partial charge in [0.25, 0.3) is 5.56 Å². The van der Waals surface area contributed by atoms with Crippen LogP contribution in [-0.2, 0) is 20.0 Å². The molecule has 2 heterocycles. The molecule has 0 saturated heterocycles. The van der Waals surface area contributed by atoms with Gasteiger partial charge >= 0.3 is 5.69 Å². The molecule has 0 unspecified atom stereocenters. The topological polar surface area (TPSA) is 72.7 Å². The van der Waals surface area contributed by atoms with Crippen molar-refractivity contribution < 1.29 is 0 Å². The van der Waals surface area contributed by atoms with E-state index in [-0.39, 0.29) is 5.56 Å². The SMILES string of the molecule is CCCCCCCCSc1nc2c(c(=O)[nH]c(=O)n2C)n1CCCc1ccccc1. The molecular formula is C23H32N4O2S. The number of fused-ring (bicyclic) bond motifs is 1. The fourth-order valence-electron chi connectivity index (χ4n) is 3.66. The maximum atomic E-state index is 12.6. The summed E-state index contributed by atoms with van der Waals surface area (Å²) in [6.45, 7) is 2.93. The number of aromatic amines is 1.